The first-order valence-electron chi connectivity index (χ1n) is 11.5. The molecule has 1 aliphatic heterocycles. The van der Waals surface area contributed by atoms with E-state index in [0.29, 0.717) is 35.2 Å². The maximum atomic E-state index is 12.4. The zero-order valence-electron chi connectivity index (χ0n) is 18.3. The van der Waals surface area contributed by atoms with E-state index < -0.39 is 0 Å². The number of aromatic nitrogens is 2. The summed E-state index contributed by atoms with van der Waals surface area (Å²) in [4.78, 5) is 23.1. The quantitative estimate of drug-likeness (QED) is 0.745. The molecule has 1 aromatic rings. The number of amides is 1. The minimum absolute atomic E-state index is 0.222. The number of carbonyl (C=O) groups excluding carboxylic acids is 1. The summed E-state index contributed by atoms with van der Waals surface area (Å²) in [6.45, 7) is 7.44. The first kappa shape index (κ1) is 19.3. The molecule has 3 saturated carbocycles. The van der Waals surface area contributed by atoms with Crippen molar-refractivity contribution >= 4 is 5.91 Å². The molecular formula is C24H35N3O2. The Bertz CT molecular complexity index is 786. The van der Waals surface area contributed by atoms with Gasteiger partial charge >= 0.3 is 6.01 Å². The molecule has 2 unspecified atom stereocenters. The molecule has 4 fully saturated rings. The van der Waals surface area contributed by atoms with E-state index >= 15 is 0 Å². The van der Waals surface area contributed by atoms with Gasteiger partial charge in [-0.1, -0.05) is 20.8 Å². The van der Waals surface area contributed by atoms with Crippen LogP contribution in [0.25, 0.3) is 0 Å². The van der Waals surface area contributed by atoms with E-state index in [9.17, 15) is 4.79 Å². The molecule has 4 aliphatic rings. The SMILES string of the molecule is CC1C[C@H]2N(C)C(=O)CC[C@]2(C)[C@H]2CC[C@]3(C)C[C@@H](Oc4ncccn4)C[C@H]3C12. The van der Waals surface area contributed by atoms with Gasteiger partial charge in [0.1, 0.15) is 6.10 Å². The van der Waals surface area contributed by atoms with E-state index in [0.717, 1.165) is 43.9 Å². The van der Waals surface area contributed by atoms with Crippen LogP contribution in [0.4, 0.5) is 0 Å². The second-order valence-corrected chi connectivity index (χ2v) is 10.9. The first-order chi connectivity index (χ1) is 13.8. The second-order valence-electron chi connectivity index (χ2n) is 10.9. The zero-order chi connectivity index (χ0) is 20.4. The van der Waals surface area contributed by atoms with Gasteiger partial charge in [-0.2, -0.15) is 0 Å². The predicted octanol–water partition coefficient (Wildman–Crippen LogP) is 4.33. The van der Waals surface area contributed by atoms with Crippen molar-refractivity contribution in [2.75, 3.05) is 7.05 Å². The Hall–Kier alpha value is -1.65. The Morgan fingerprint density at radius 2 is 1.90 bits per heavy atom. The van der Waals surface area contributed by atoms with Crippen LogP contribution in [-0.4, -0.2) is 40.0 Å². The largest absolute Gasteiger partial charge is 0.460 e. The number of ether oxygens (including phenoxy) is 1. The molecule has 5 nitrogen and oxygen atoms in total. The number of hydrogen-bond acceptors (Lipinski definition) is 4. The highest BCUT2D eigenvalue weighted by molar-refractivity contribution is 5.77. The molecule has 0 N–H and O–H groups in total. The van der Waals surface area contributed by atoms with E-state index in [1.807, 2.05) is 13.1 Å². The number of carbonyl (C=O) groups is 1. The van der Waals surface area contributed by atoms with Crippen molar-refractivity contribution in [3.63, 3.8) is 0 Å². The van der Waals surface area contributed by atoms with E-state index in [1.54, 1.807) is 12.4 Å². The lowest BCUT2D eigenvalue weighted by Crippen LogP contribution is -2.62. The van der Waals surface area contributed by atoms with Crippen LogP contribution in [0.5, 0.6) is 6.01 Å². The lowest BCUT2D eigenvalue weighted by Gasteiger charge is -2.63. The molecule has 8 atom stereocenters. The minimum atomic E-state index is 0.222. The minimum Gasteiger partial charge on any atom is -0.460 e. The lowest BCUT2D eigenvalue weighted by atomic mass is 9.45. The average molecular weight is 398 g/mol. The summed E-state index contributed by atoms with van der Waals surface area (Å²) in [6, 6.07) is 2.77. The van der Waals surface area contributed by atoms with E-state index in [4.69, 9.17) is 4.74 Å². The van der Waals surface area contributed by atoms with Crippen molar-refractivity contribution in [2.45, 2.75) is 77.9 Å². The summed E-state index contributed by atoms with van der Waals surface area (Å²) in [5, 5.41) is 0. The summed E-state index contributed by atoms with van der Waals surface area (Å²) < 4.78 is 6.24. The van der Waals surface area contributed by atoms with Crippen molar-refractivity contribution in [3.8, 4) is 6.01 Å². The molecule has 1 aromatic heterocycles. The smallest absolute Gasteiger partial charge is 0.316 e. The fraction of sp³-hybridized carbons (Fsp3) is 0.792. The Morgan fingerprint density at radius 1 is 1.14 bits per heavy atom. The maximum absolute atomic E-state index is 12.4. The van der Waals surface area contributed by atoms with Gasteiger partial charge in [-0.25, -0.2) is 9.97 Å². The molecule has 0 radical (unpaired) electrons. The van der Waals surface area contributed by atoms with Gasteiger partial charge < -0.3 is 9.64 Å². The number of likely N-dealkylation sites (tertiary alicyclic amines) is 1. The molecule has 29 heavy (non-hydrogen) atoms. The van der Waals surface area contributed by atoms with Crippen LogP contribution in [0, 0.1) is 34.5 Å². The van der Waals surface area contributed by atoms with Gasteiger partial charge in [0.25, 0.3) is 0 Å². The lowest BCUT2D eigenvalue weighted by molar-refractivity contribution is -0.164. The number of piperidine rings is 1. The Morgan fingerprint density at radius 3 is 2.66 bits per heavy atom. The highest BCUT2D eigenvalue weighted by Gasteiger charge is 2.62. The van der Waals surface area contributed by atoms with Gasteiger partial charge in [0.05, 0.1) is 0 Å². The van der Waals surface area contributed by atoms with Crippen LogP contribution in [-0.2, 0) is 4.79 Å². The third-order valence-corrected chi connectivity index (χ3v) is 9.47. The monoisotopic (exact) mass is 397 g/mol. The van der Waals surface area contributed by atoms with Crippen LogP contribution in [0.3, 0.4) is 0 Å². The van der Waals surface area contributed by atoms with Crippen molar-refractivity contribution in [2.24, 2.45) is 34.5 Å². The molecule has 5 heteroatoms. The van der Waals surface area contributed by atoms with Gasteiger partial charge in [-0.15, -0.1) is 0 Å². The van der Waals surface area contributed by atoms with Gasteiger partial charge in [-0.05, 0) is 79.1 Å². The Kier molecular flexibility index (Phi) is 4.45. The van der Waals surface area contributed by atoms with Crippen LogP contribution in [0.1, 0.15) is 65.7 Å². The molecule has 5 rings (SSSR count). The van der Waals surface area contributed by atoms with Gasteiger partial charge in [0.2, 0.25) is 5.91 Å². The first-order valence-corrected chi connectivity index (χ1v) is 11.5. The fourth-order valence-corrected chi connectivity index (χ4v) is 8.04. The predicted molar refractivity (Wildman–Crippen MR) is 111 cm³/mol. The Labute approximate surface area is 174 Å². The van der Waals surface area contributed by atoms with Crippen molar-refractivity contribution in [3.05, 3.63) is 18.5 Å². The molecule has 1 saturated heterocycles. The van der Waals surface area contributed by atoms with Crippen LogP contribution in [0.2, 0.25) is 0 Å². The average Bonchev–Trinajstić information content (AvgIpc) is 3.03. The third-order valence-electron chi connectivity index (χ3n) is 9.47. The maximum Gasteiger partial charge on any atom is 0.316 e. The highest BCUT2D eigenvalue weighted by Crippen LogP contribution is 2.66. The number of hydrogen-bond donors (Lipinski definition) is 0. The molecule has 0 spiro atoms. The molecule has 2 heterocycles. The van der Waals surface area contributed by atoms with Gasteiger partial charge in [0, 0.05) is 31.9 Å². The van der Waals surface area contributed by atoms with Crippen LogP contribution < -0.4 is 4.74 Å². The van der Waals surface area contributed by atoms with Gasteiger partial charge in [0.15, 0.2) is 0 Å². The van der Waals surface area contributed by atoms with Crippen LogP contribution >= 0.6 is 0 Å². The number of rotatable bonds is 2. The summed E-state index contributed by atoms with van der Waals surface area (Å²) in [7, 11) is 2.05. The Balaban J connectivity index is 1.41. The molecule has 3 aliphatic carbocycles. The standard InChI is InChI=1S/C24H35N3O2/c1-15-12-19-24(3,9-7-20(28)27(19)4)17-6-8-23(2)14-16(13-18(23)21(15)17)29-22-25-10-5-11-26-22/h5,10-11,15-19,21H,6-9,12-14H2,1-4H3/t15?,16-,17-,18-,19+,21?,23+,24+/m0/s1. The molecule has 1 amide bonds. The molecule has 0 aromatic carbocycles. The van der Waals surface area contributed by atoms with E-state index in [-0.39, 0.29) is 11.5 Å². The number of fused-ring (bicyclic) bond motifs is 5. The summed E-state index contributed by atoms with van der Waals surface area (Å²) >= 11 is 0. The number of nitrogens with zero attached hydrogens (tertiary/aromatic N) is 3. The molecule has 0 bridgehead atoms. The van der Waals surface area contributed by atoms with Crippen molar-refractivity contribution in [1.29, 1.82) is 0 Å². The topological polar surface area (TPSA) is 55.3 Å². The van der Waals surface area contributed by atoms with Crippen molar-refractivity contribution < 1.29 is 9.53 Å². The van der Waals surface area contributed by atoms with Crippen LogP contribution in [0.15, 0.2) is 18.5 Å². The summed E-state index contributed by atoms with van der Waals surface area (Å²) in [5.41, 5.74) is 0.622. The summed E-state index contributed by atoms with van der Waals surface area (Å²) in [5.74, 6) is 3.16. The second kappa shape index (κ2) is 6.68. The highest BCUT2D eigenvalue weighted by atomic mass is 16.5. The zero-order valence-corrected chi connectivity index (χ0v) is 18.3. The fourth-order valence-electron chi connectivity index (χ4n) is 8.04. The molecular weight excluding hydrogens is 362 g/mol. The van der Waals surface area contributed by atoms with Gasteiger partial charge in [-0.3, -0.25) is 4.79 Å². The third kappa shape index (κ3) is 2.90. The molecule has 158 valence electrons. The summed E-state index contributed by atoms with van der Waals surface area (Å²) in [6.07, 6.45) is 11.5. The van der Waals surface area contributed by atoms with Crippen molar-refractivity contribution in [1.82, 2.24) is 14.9 Å². The van der Waals surface area contributed by atoms with E-state index in [1.165, 1.54) is 12.8 Å². The van der Waals surface area contributed by atoms with E-state index in [2.05, 4.69) is 35.6 Å². The normalized spacial score (nSPS) is 46.6.